The summed E-state index contributed by atoms with van der Waals surface area (Å²) in [5.41, 5.74) is 5.95. The molecule has 1 heterocycles. The third kappa shape index (κ3) is 6.66. The average molecular weight is 578 g/mol. The van der Waals surface area contributed by atoms with Crippen LogP contribution in [0.5, 0.6) is 11.6 Å². The SMILES string of the molecule is CCOC(=O)Cc1ccc(OC)c(-c2ccc(-c3ccc(OCC)nc3)cc2)c1C[As](CC)C(=O)C1CC1. The molecule has 4 rings (SSSR count). The molecule has 0 spiro atoms. The Bertz CT molecular complexity index is 1250. The van der Waals surface area contributed by atoms with E-state index in [0.29, 0.717) is 28.9 Å². The molecular formula is C31H36AsNO5. The molecule has 1 atom stereocenters. The van der Waals surface area contributed by atoms with E-state index in [9.17, 15) is 9.59 Å². The van der Waals surface area contributed by atoms with Gasteiger partial charge in [0.25, 0.3) is 0 Å². The molecule has 0 aliphatic heterocycles. The number of carbonyl (C=O) groups excluding carboxylic acids is 2. The van der Waals surface area contributed by atoms with Crippen molar-refractivity contribution in [3.8, 4) is 33.9 Å². The van der Waals surface area contributed by atoms with Crippen molar-refractivity contribution in [1.29, 1.82) is 0 Å². The van der Waals surface area contributed by atoms with Crippen molar-refractivity contribution in [2.45, 2.75) is 50.5 Å². The zero-order chi connectivity index (χ0) is 27.1. The molecule has 0 N–H and O–H groups in total. The molecule has 1 fully saturated rings. The van der Waals surface area contributed by atoms with Gasteiger partial charge in [-0.05, 0) is 6.92 Å². The van der Waals surface area contributed by atoms with Gasteiger partial charge in [-0.15, -0.1) is 0 Å². The van der Waals surface area contributed by atoms with E-state index in [1.54, 1.807) is 7.11 Å². The Labute approximate surface area is 230 Å². The molecule has 200 valence electrons. The minimum absolute atomic E-state index is 0.180. The number of pyridine rings is 1. The van der Waals surface area contributed by atoms with Gasteiger partial charge >= 0.3 is 217 Å². The van der Waals surface area contributed by atoms with Crippen LogP contribution in [0.15, 0.2) is 54.7 Å². The first-order valence-electron chi connectivity index (χ1n) is 13.3. The Morgan fingerprint density at radius 2 is 1.63 bits per heavy atom. The number of rotatable bonds is 13. The molecule has 38 heavy (non-hydrogen) atoms. The van der Waals surface area contributed by atoms with Crippen LogP contribution in [-0.2, 0) is 26.0 Å². The first kappa shape index (κ1) is 27.9. The predicted molar refractivity (Wildman–Crippen MR) is 151 cm³/mol. The van der Waals surface area contributed by atoms with Gasteiger partial charge in [-0.1, -0.05) is 0 Å². The summed E-state index contributed by atoms with van der Waals surface area (Å²) in [4.78, 5) is 30.1. The first-order chi connectivity index (χ1) is 18.5. The van der Waals surface area contributed by atoms with Crippen LogP contribution >= 0.6 is 0 Å². The molecule has 2 aromatic carbocycles. The van der Waals surface area contributed by atoms with Crippen molar-refractivity contribution >= 4 is 25.2 Å². The van der Waals surface area contributed by atoms with Crippen LogP contribution in [0.1, 0.15) is 44.7 Å². The third-order valence-corrected chi connectivity index (χ3v) is 11.9. The molecule has 0 radical (unpaired) electrons. The van der Waals surface area contributed by atoms with E-state index in [4.69, 9.17) is 14.2 Å². The summed E-state index contributed by atoms with van der Waals surface area (Å²) in [6.45, 7) is 6.80. The van der Waals surface area contributed by atoms with Gasteiger partial charge in [0.2, 0.25) is 0 Å². The van der Waals surface area contributed by atoms with Crippen LogP contribution in [0.2, 0.25) is 5.21 Å². The fourth-order valence-electron chi connectivity index (χ4n) is 4.61. The van der Waals surface area contributed by atoms with Crippen molar-refractivity contribution in [3.05, 3.63) is 65.9 Å². The second-order valence-electron chi connectivity index (χ2n) is 9.28. The number of hydrogen-bond donors (Lipinski definition) is 0. The monoisotopic (exact) mass is 577 g/mol. The molecule has 3 aromatic rings. The summed E-state index contributed by atoms with van der Waals surface area (Å²) < 4.78 is 17.0. The van der Waals surface area contributed by atoms with Crippen LogP contribution in [0, 0.1) is 5.92 Å². The Kier molecular flexibility index (Phi) is 9.63. The van der Waals surface area contributed by atoms with E-state index in [1.165, 1.54) is 0 Å². The van der Waals surface area contributed by atoms with Crippen molar-refractivity contribution in [2.75, 3.05) is 20.3 Å². The predicted octanol–water partition coefficient (Wildman–Crippen LogP) is 6.04. The molecule has 1 aliphatic rings. The molecule has 0 bridgehead atoms. The number of aromatic nitrogens is 1. The Morgan fingerprint density at radius 3 is 2.21 bits per heavy atom. The third-order valence-electron chi connectivity index (χ3n) is 6.74. The van der Waals surface area contributed by atoms with Crippen LogP contribution < -0.4 is 9.47 Å². The van der Waals surface area contributed by atoms with Gasteiger partial charge in [0.05, 0.1) is 6.61 Å². The zero-order valence-corrected chi connectivity index (χ0v) is 24.5. The number of ether oxygens (including phenoxy) is 3. The van der Waals surface area contributed by atoms with Gasteiger partial charge in [0.1, 0.15) is 0 Å². The van der Waals surface area contributed by atoms with E-state index >= 15 is 0 Å². The van der Waals surface area contributed by atoms with Crippen molar-refractivity contribution in [2.24, 2.45) is 5.92 Å². The first-order valence-corrected chi connectivity index (χ1v) is 16.9. The summed E-state index contributed by atoms with van der Waals surface area (Å²) in [6, 6.07) is 16.0. The van der Waals surface area contributed by atoms with Crippen LogP contribution in [0.4, 0.5) is 0 Å². The Balaban J connectivity index is 1.74. The number of hydrogen-bond acceptors (Lipinski definition) is 6. The fraction of sp³-hybridized carbons (Fsp3) is 0.387. The zero-order valence-electron chi connectivity index (χ0n) is 22.7. The van der Waals surface area contributed by atoms with Gasteiger partial charge in [-0.2, -0.15) is 0 Å². The molecule has 0 saturated heterocycles. The van der Waals surface area contributed by atoms with Crippen molar-refractivity contribution < 1.29 is 23.8 Å². The molecular weight excluding hydrogens is 541 g/mol. The molecule has 1 aliphatic carbocycles. The standard InChI is InChI=1S/C31H36AsNO5/c1-5-32(31(35)23-12-13-23)19-26-24(18-29(34)38-7-3)14-16-27(36-4)30(26)22-10-8-21(9-11-22)25-15-17-28(33-20-25)37-6-2/h8-11,14-17,20,23H,5-7,12-13,18-19H2,1-4H3. The quantitative estimate of drug-likeness (QED) is 0.182. The fourth-order valence-corrected chi connectivity index (χ4v) is 9.24. The van der Waals surface area contributed by atoms with Gasteiger partial charge in [0, 0.05) is 0 Å². The molecule has 1 unspecified atom stereocenters. The molecule has 6 nitrogen and oxygen atoms in total. The Hall–Kier alpha value is -3.11. The summed E-state index contributed by atoms with van der Waals surface area (Å²) in [7, 11) is 1.66. The summed E-state index contributed by atoms with van der Waals surface area (Å²) >= 11 is -1.82. The molecule has 1 aromatic heterocycles. The van der Waals surface area contributed by atoms with Crippen LogP contribution in [0.25, 0.3) is 22.3 Å². The van der Waals surface area contributed by atoms with E-state index in [2.05, 4.69) is 36.2 Å². The van der Waals surface area contributed by atoms with Gasteiger partial charge in [-0.25, -0.2) is 0 Å². The average Bonchev–Trinajstić information content (AvgIpc) is 3.78. The molecule has 1 saturated carbocycles. The summed E-state index contributed by atoms with van der Waals surface area (Å²) in [5.74, 6) is 1.34. The van der Waals surface area contributed by atoms with E-state index < -0.39 is 14.7 Å². The topological polar surface area (TPSA) is 74.7 Å². The van der Waals surface area contributed by atoms with Crippen LogP contribution in [-0.4, -0.2) is 50.5 Å². The second-order valence-corrected chi connectivity index (χ2v) is 14.5. The normalized spacial score (nSPS) is 13.6. The summed E-state index contributed by atoms with van der Waals surface area (Å²) in [5, 5.41) is 1.62. The van der Waals surface area contributed by atoms with Gasteiger partial charge in [-0.3, -0.25) is 0 Å². The number of esters is 1. The Morgan fingerprint density at radius 1 is 0.921 bits per heavy atom. The number of carbonyl (C=O) groups is 2. The number of nitrogens with zero attached hydrogens (tertiary/aromatic N) is 1. The number of benzene rings is 2. The van der Waals surface area contributed by atoms with Gasteiger partial charge < -0.3 is 0 Å². The molecule has 7 heteroatoms. The van der Waals surface area contributed by atoms with Crippen molar-refractivity contribution in [1.82, 2.24) is 4.98 Å². The van der Waals surface area contributed by atoms with E-state index in [-0.39, 0.29) is 18.3 Å². The van der Waals surface area contributed by atoms with Crippen molar-refractivity contribution in [3.63, 3.8) is 0 Å². The van der Waals surface area contributed by atoms with E-state index in [0.717, 1.165) is 57.2 Å². The minimum atomic E-state index is -1.82. The maximum absolute atomic E-state index is 13.2. The molecule has 0 amide bonds. The number of methoxy groups -OCH3 is 1. The van der Waals surface area contributed by atoms with Gasteiger partial charge in [0.15, 0.2) is 0 Å². The second kappa shape index (κ2) is 13.1. The maximum atomic E-state index is 13.2. The van der Waals surface area contributed by atoms with Crippen LogP contribution in [0.3, 0.4) is 0 Å². The summed E-state index contributed by atoms with van der Waals surface area (Å²) in [6.07, 6.45) is 4.03. The van der Waals surface area contributed by atoms with E-state index in [1.807, 2.05) is 44.3 Å².